The van der Waals surface area contributed by atoms with Gasteiger partial charge in [-0.3, -0.25) is 4.79 Å². The summed E-state index contributed by atoms with van der Waals surface area (Å²) in [7, 11) is 0. The van der Waals surface area contributed by atoms with Crippen molar-refractivity contribution in [1.82, 2.24) is 4.90 Å². The van der Waals surface area contributed by atoms with Gasteiger partial charge in [0.05, 0.1) is 6.04 Å². The molecule has 1 aliphatic heterocycles. The van der Waals surface area contributed by atoms with Crippen LogP contribution >= 0.6 is 0 Å². The van der Waals surface area contributed by atoms with Gasteiger partial charge in [-0.1, -0.05) is 31.2 Å². The third-order valence-corrected chi connectivity index (χ3v) is 3.76. The maximum absolute atomic E-state index is 12.4. The van der Waals surface area contributed by atoms with Gasteiger partial charge in [0.15, 0.2) is 5.54 Å². The highest BCUT2D eigenvalue weighted by molar-refractivity contribution is 6.02. The number of hydrogen-bond acceptors (Lipinski definition) is 2. The zero-order valence-corrected chi connectivity index (χ0v) is 10.9. The first kappa shape index (κ1) is 13.3. The molecule has 1 aromatic rings. The standard InChI is InChI=1S/C15H17NO3/c1-3-8-12-15(4-2,14(18)19)16(12)13(17)11-9-6-5-7-10-11/h3,5-7,9-10,12H,1,4,8H2,2H3,(H,18,19)/t12-,15-,16?/m1/s1. The molecule has 4 nitrogen and oxygen atoms in total. The topological polar surface area (TPSA) is 57.4 Å². The summed E-state index contributed by atoms with van der Waals surface area (Å²) in [5, 5.41) is 9.44. The highest BCUT2D eigenvalue weighted by Crippen LogP contribution is 2.47. The number of carbonyl (C=O) groups excluding carboxylic acids is 1. The Morgan fingerprint density at radius 1 is 1.42 bits per heavy atom. The molecule has 0 bridgehead atoms. The van der Waals surface area contributed by atoms with E-state index in [2.05, 4.69) is 6.58 Å². The van der Waals surface area contributed by atoms with Crippen LogP contribution in [-0.2, 0) is 4.79 Å². The van der Waals surface area contributed by atoms with E-state index in [-0.39, 0.29) is 11.9 Å². The highest BCUT2D eigenvalue weighted by atomic mass is 16.4. The molecule has 19 heavy (non-hydrogen) atoms. The monoisotopic (exact) mass is 259 g/mol. The van der Waals surface area contributed by atoms with Crippen LogP contribution in [0.15, 0.2) is 43.0 Å². The van der Waals surface area contributed by atoms with Gasteiger partial charge in [-0.25, -0.2) is 4.79 Å². The second kappa shape index (κ2) is 4.88. The van der Waals surface area contributed by atoms with E-state index in [1.165, 1.54) is 4.90 Å². The van der Waals surface area contributed by atoms with Crippen molar-refractivity contribution in [1.29, 1.82) is 0 Å². The van der Waals surface area contributed by atoms with E-state index in [0.717, 1.165) is 0 Å². The molecular formula is C15H17NO3. The third kappa shape index (κ3) is 1.93. The normalized spacial score (nSPS) is 24.9. The predicted octanol–water partition coefficient (Wildman–Crippen LogP) is 2.32. The summed E-state index contributed by atoms with van der Waals surface area (Å²) in [4.78, 5) is 25.4. The molecule has 100 valence electrons. The summed E-state index contributed by atoms with van der Waals surface area (Å²) in [6.45, 7) is 5.43. The van der Waals surface area contributed by atoms with Gasteiger partial charge in [0.1, 0.15) is 0 Å². The predicted molar refractivity (Wildman–Crippen MR) is 71.9 cm³/mol. The fourth-order valence-corrected chi connectivity index (χ4v) is 2.70. The largest absolute Gasteiger partial charge is 0.479 e. The van der Waals surface area contributed by atoms with E-state index in [1.807, 2.05) is 6.07 Å². The van der Waals surface area contributed by atoms with Crippen molar-refractivity contribution in [3.63, 3.8) is 0 Å². The summed E-state index contributed by atoms with van der Waals surface area (Å²) in [5.41, 5.74) is -0.547. The van der Waals surface area contributed by atoms with Gasteiger partial charge >= 0.3 is 5.97 Å². The molecular weight excluding hydrogens is 242 g/mol. The fourth-order valence-electron chi connectivity index (χ4n) is 2.70. The number of hydrogen-bond donors (Lipinski definition) is 1. The smallest absolute Gasteiger partial charge is 0.331 e. The van der Waals surface area contributed by atoms with Gasteiger partial charge in [-0.15, -0.1) is 6.58 Å². The van der Waals surface area contributed by atoms with Crippen molar-refractivity contribution in [3.05, 3.63) is 48.6 Å². The van der Waals surface area contributed by atoms with Crippen LogP contribution in [0.2, 0.25) is 0 Å². The van der Waals surface area contributed by atoms with Gasteiger partial charge in [0.25, 0.3) is 5.91 Å². The average Bonchev–Trinajstić information content (AvgIpc) is 3.08. The van der Waals surface area contributed by atoms with Crippen LogP contribution in [0.25, 0.3) is 0 Å². The van der Waals surface area contributed by atoms with Crippen LogP contribution in [-0.4, -0.2) is 33.5 Å². The van der Waals surface area contributed by atoms with E-state index in [1.54, 1.807) is 37.3 Å². The molecule has 1 heterocycles. The SMILES string of the molecule is C=CC[C@H]1N(C(=O)c2ccccc2)[C@@]1(CC)C(=O)O. The molecule has 1 saturated heterocycles. The molecule has 0 saturated carbocycles. The molecule has 2 atom stereocenters. The molecule has 1 aliphatic rings. The Labute approximate surface area is 112 Å². The van der Waals surface area contributed by atoms with Crippen LogP contribution < -0.4 is 0 Å². The lowest BCUT2D eigenvalue weighted by Gasteiger charge is -2.10. The number of nitrogens with zero attached hydrogens (tertiary/aromatic N) is 1. The maximum Gasteiger partial charge on any atom is 0.331 e. The molecule has 0 aliphatic carbocycles. The van der Waals surface area contributed by atoms with Crippen molar-refractivity contribution in [2.24, 2.45) is 0 Å². The van der Waals surface area contributed by atoms with Gasteiger partial charge in [0.2, 0.25) is 0 Å². The number of carboxylic acids is 1. The summed E-state index contributed by atoms with van der Waals surface area (Å²) in [6.07, 6.45) is 2.56. The van der Waals surface area contributed by atoms with E-state index >= 15 is 0 Å². The van der Waals surface area contributed by atoms with Crippen molar-refractivity contribution in [3.8, 4) is 0 Å². The van der Waals surface area contributed by atoms with Gasteiger partial charge in [0, 0.05) is 5.56 Å². The van der Waals surface area contributed by atoms with Crippen LogP contribution in [0, 0.1) is 0 Å². The van der Waals surface area contributed by atoms with Crippen LogP contribution in [0.4, 0.5) is 0 Å². The van der Waals surface area contributed by atoms with Crippen LogP contribution in [0.3, 0.4) is 0 Å². The molecule has 1 amide bonds. The molecule has 0 radical (unpaired) electrons. The third-order valence-electron chi connectivity index (χ3n) is 3.76. The first-order valence-corrected chi connectivity index (χ1v) is 6.32. The minimum absolute atomic E-state index is 0.225. The molecule has 1 fully saturated rings. The Morgan fingerprint density at radius 3 is 2.53 bits per heavy atom. The summed E-state index contributed by atoms with van der Waals surface area (Å²) in [5.74, 6) is -1.16. The van der Waals surface area contributed by atoms with Crippen molar-refractivity contribution in [2.75, 3.05) is 0 Å². The summed E-state index contributed by atoms with van der Waals surface area (Å²) < 4.78 is 0. The van der Waals surface area contributed by atoms with Crippen LogP contribution in [0.5, 0.6) is 0 Å². The number of benzene rings is 1. The number of amides is 1. The Kier molecular flexibility index (Phi) is 3.42. The van der Waals surface area contributed by atoms with E-state index in [0.29, 0.717) is 18.4 Å². The van der Waals surface area contributed by atoms with E-state index < -0.39 is 11.5 Å². The zero-order valence-electron chi connectivity index (χ0n) is 10.9. The molecule has 2 rings (SSSR count). The second-order valence-corrected chi connectivity index (χ2v) is 4.66. The lowest BCUT2D eigenvalue weighted by Crippen LogP contribution is -2.31. The van der Waals surface area contributed by atoms with Crippen molar-refractivity contribution >= 4 is 11.9 Å². The minimum Gasteiger partial charge on any atom is -0.479 e. The minimum atomic E-state index is -1.07. The number of aliphatic carboxylic acids is 1. The Hall–Kier alpha value is -2.10. The van der Waals surface area contributed by atoms with Gasteiger partial charge in [-0.05, 0) is 25.0 Å². The average molecular weight is 259 g/mol. The Balaban J connectivity index is 2.31. The van der Waals surface area contributed by atoms with E-state index in [9.17, 15) is 14.7 Å². The first-order chi connectivity index (χ1) is 9.09. The molecule has 4 heteroatoms. The first-order valence-electron chi connectivity index (χ1n) is 6.32. The van der Waals surface area contributed by atoms with E-state index in [4.69, 9.17) is 0 Å². The highest BCUT2D eigenvalue weighted by Gasteiger charge is 2.68. The van der Waals surface area contributed by atoms with Gasteiger partial charge < -0.3 is 10.0 Å². The number of carbonyl (C=O) groups is 2. The van der Waals surface area contributed by atoms with Crippen LogP contribution in [0.1, 0.15) is 30.1 Å². The molecule has 0 unspecified atom stereocenters. The second-order valence-electron chi connectivity index (χ2n) is 4.66. The fraction of sp³-hybridized carbons (Fsp3) is 0.333. The Bertz CT molecular complexity index is 511. The van der Waals surface area contributed by atoms with Crippen molar-refractivity contribution in [2.45, 2.75) is 31.3 Å². The van der Waals surface area contributed by atoms with Gasteiger partial charge in [-0.2, -0.15) is 0 Å². The Morgan fingerprint density at radius 2 is 2.05 bits per heavy atom. The lowest BCUT2D eigenvalue weighted by molar-refractivity contribution is -0.141. The molecule has 0 spiro atoms. The number of rotatable bonds is 5. The van der Waals surface area contributed by atoms with Crippen molar-refractivity contribution < 1.29 is 14.7 Å². The zero-order chi connectivity index (χ0) is 14.0. The number of carboxylic acid groups (broad SMARTS) is 1. The summed E-state index contributed by atoms with van der Waals surface area (Å²) >= 11 is 0. The summed E-state index contributed by atoms with van der Waals surface area (Å²) in [6, 6.07) is 8.48. The molecule has 1 aromatic carbocycles. The lowest BCUT2D eigenvalue weighted by atomic mass is 10.0. The maximum atomic E-state index is 12.4. The molecule has 0 aromatic heterocycles. The molecule has 1 N–H and O–H groups in total. The quantitative estimate of drug-likeness (QED) is 0.652.